The molecule has 1 unspecified atom stereocenters. The van der Waals surface area contributed by atoms with Crippen LogP contribution in [0.25, 0.3) is 0 Å². The Morgan fingerprint density at radius 2 is 1.87 bits per heavy atom. The fraction of sp³-hybridized carbons (Fsp3) is 0.400. The molecule has 1 aliphatic heterocycles. The second kappa shape index (κ2) is 8.81. The van der Waals surface area contributed by atoms with E-state index in [4.69, 9.17) is 4.74 Å². The summed E-state index contributed by atoms with van der Waals surface area (Å²) in [5, 5.41) is 0. The number of hydrogen-bond acceptors (Lipinski definition) is 2. The highest BCUT2D eigenvalue weighted by Crippen LogP contribution is 2.16. The number of hydrogen-bond donors (Lipinski definition) is 0. The number of nitrogens with zero attached hydrogens (tertiary/aromatic N) is 1. The van der Waals surface area contributed by atoms with Gasteiger partial charge in [-0.25, -0.2) is 0 Å². The number of rotatable bonds is 7. The van der Waals surface area contributed by atoms with E-state index in [1.165, 1.54) is 27.5 Å². The zero-order valence-corrected chi connectivity index (χ0v) is 15.6. The van der Waals surface area contributed by atoms with E-state index < -0.39 is 0 Å². The maximum atomic E-state index is 5.85. The lowest BCUT2D eigenvalue weighted by Crippen LogP contribution is -2.33. The van der Waals surface area contributed by atoms with Gasteiger partial charge in [0.1, 0.15) is 0 Å². The molecule has 3 rings (SSSR count). The zero-order chi connectivity index (χ0) is 15.9. The maximum Gasteiger partial charge on any atom is 0.0702 e. The average molecular weight is 421 g/mol. The van der Waals surface area contributed by atoms with Crippen LogP contribution < -0.4 is 0 Å². The second-order valence-electron chi connectivity index (χ2n) is 6.24. The summed E-state index contributed by atoms with van der Waals surface area (Å²) in [5.41, 5.74) is 2.80. The van der Waals surface area contributed by atoms with Crippen LogP contribution in [0, 0.1) is 3.57 Å². The third kappa shape index (κ3) is 5.59. The average Bonchev–Trinajstić information content (AvgIpc) is 3.07. The lowest BCUT2D eigenvalue weighted by atomic mass is 10.1. The van der Waals surface area contributed by atoms with Gasteiger partial charge in [0, 0.05) is 29.8 Å². The zero-order valence-electron chi connectivity index (χ0n) is 13.5. The van der Waals surface area contributed by atoms with Crippen molar-refractivity contribution in [1.82, 2.24) is 4.90 Å². The fourth-order valence-corrected chi connectivity index (χ4v) is 3.74. The van der Waals surface area contributed by atoms with Crippen molar-refractivity contribution < 1.29 is 4.74 Å². The lowest BCUT2D eigenvalue weighted by Gasteiger charge is -2.25. The Morgan fingerprint density at radius 3 is 2.61 bits per heavy atom. The molecule has 23 heavy (non-hydrogen) atoms. The third-order valence-electron chi connectivity index (χ3n) is 4.34. The number of halogens is 1. The highest BCUT2D eigenvalue weighted by atomic mass is 127. The molecule has 0 spiro atoms. The van der Waals surface area contributed by atoms with Gasteiger partial charge in [-0.05, 0) is 65.1 Å². The van der Waals surface area contributed by atoms with Crippen molar-refractivity contribution in [1.29, 1.82) is 0 Å². The molecule has 122 valence electrons. The third-order valence-corrected chi connectivity index (χ3v) is 5.01. The molecule has 0 amide bonds. The van der Waals surface area contributed by atoms with E-state index in [2.05, 4.69) is 82.1 Å². The Hall–Kier alpha value is -0.910. The van der Waals surface area contributed by atoms with Gasteiger partial charge in [0.25, 0.3) is 0 Å². The first-order valence-electron chi connectivity index (χ1n) is 8.42. The van der Waals surface area contributed by atoms with Crippen molar-refractivity contribution >= 4 is 22.6 Å². The largest absolute Gasteiger partial charge is 0.377 e. The Labute approximate surface area is 153 Å². The quantitative estimate of drug-likeness (QED) is 0.610. The minimum atomic E-state index is 0.411. The smallest absolute Gasteiger partial charge is 0.0702 e. The molecule has 3 heteroatoms. The van der Waals surface area contributed by atoms with Crippen LogP contribution in [0.3, 0.4) is 0 Å². The fourth-order valence-electron chi connectivity index (χ4n) is 3.14. The first kappa shape index (κ1) is 16.9. The molecule has 0 bridgehead atoms. The van der Waals surface area contributed by atoms with Gasteiger partial charge in [-0.15, -0.1) is 0 Å². The van der Waals surface area contributed by atoms with Crippen LogP contribution in [0.2, 0.25) is 0 Å². The van der Waals surface area contributed by atoms with E-state index in [1.54, 1.807) is 0 Å². The Balaban J connectivity index is 1.62. The lowest BCUT2D eigenvalue weighted by molar-refractivity contribution is 0.0709. The van der Waals surface area contributed by atoms with Gasteiger partial charge in [-0.3, -0.25) is 4.90 Å². The molecule has 2 aromatic carbocycles. The summed E-state index contributed by atoms with van der Waals surface area (Å²) in [7, 11) is 0. The van der Waals surface area contributed by atoms with E-state index in [0.29, 0.717) is 6.10 Å². The highest BCUT2D eigenvalue weighted by Gasteiger charge is 2.19. The SMILES string of the molecule is Ic1cccc(CN(CCc2ccccc2)CC2CCCO2)c1. The van der Waals surface area contributed by atoms with Crippen molar-refractivity contribution in [2.45, 2.75) is 31.9 Å². The van der Waals surface area contributed by atoms with Gasteiger partial charge in [0.05, 0.1) is 6.10 Å². The van der Waals surface area contributed by atoms with E-state index >= 15 is 0 Å². The molecule has 1 heterocycles. The van der Waals surface area contributed by atoms with E-state index in [0.717, 1.165) is 32.7 Å². The molecule has 1 aliphatic rings. The van der Waals surface area contributed by atoms with Gasteiger partial charge >= 0.3 is 0 Å². The van der Waals surface area contributed by atoms with Crippen LogP contribution in [0.15, 0.2) is 54.6 Å². The maximum absolute atomic E-state index is 5.85. The monoisotopic (exact) mass is 421 g/mol. The van der Waals surface area contributed by atoms with E-state index in [-0.39, 0.29) is 0 Å². The first-order chi connectivity index (χ1) is 11.3. The van der Waals surface area contributed by atoms with Crippen molar-refractivity contribution in [3.63, 3.8) is 0 Å². The van der Waals surface area contributed by atoms with Crippen LogP contribution in [0.5, 0.6) is 0 Å². The van der Waals surface area contributed by atoms with Gasteiger partial charge < -0.3 is 4.74 Å². The Bertz CT molecular complexity index is 596. The van der Waals surface area contributed by atoms with Gasteiger partial charge in [0.2, 0.25) is 0 Å². The normalized spacial score (nSPS) is 17.7. The molecule has 2 nitrogen and oxygen atoms in total. The molecule has 1 fully saturated rings. The summed E-state index contributed by atoms with van der Waals surface area (Å²) < 4.78 is 7.16. The Morgan fingerprint density at radius 1 is 1.04 bits per heavy atom. The minimum absolute atomic E-state index is 0.411. The molecule has 2 aromatic rings. The summed E-state index contributed by atoms with van der Waals surface area (Å²) in [4.78, 5) is 2.55. The first-order valence-corrected chi connectivity index (χ1v) is 9.50. The number of benzene rings is 2. The molecular weight excluding hydrogens is 397 g/mol. The molecule has 0 N–H and O–H groups in total. The predicted molar refractivity (Wildman–Crippen MR) is 104 cm³/mol. The van der Waals surface area contributed by atoms with Crippen LogP contribution >= 0.6 is 22.6 Å². The van der Waals surface area contributed by atoms with Gasteiger partial charge in [-0.2, -0.15) is 0 Å². The molecule has 0 aromatic heterocycles. The van der Waals surface area contributed by atoms with Crippen molar-refractivity contribution in [3.8, 4) is 0 Å². The minimum Gasteiger partial charge on any atom is -0.377 e. The van der Waals surface area contributed by atoms with Crippen molar-refractivity contribution in [3.05, 3.63) is 69.3 Å². The molecule has 0 aliphatic carbocycles. The van der Waals surface area contributed by atoms with Crippen LogP contribution in [-0.4, -0.2) is 30.7 Å². The molecule has 1 saturated heterocycles. The van der Waals surface area contributed by atoms with E-state index in [1.807, 2.05) is 0 Å². The summed E-state index contributed by atoms with van der Waals surface area (Å²) in [6.07, 6.45) is 3.92. The molecule has 1 atom stereocenters. The topological polar surface area (TPSA) is 12.5 Å². The molecular formula is C20H24INO. The molecule has 0 saturated carbocycles. The van der Waals surface area contributed by atoms with Crippen LogP contribution in [-0.2, 0) is 17.7 Å². The molecule has 0 radical (unpaired) electrons. The van der Waals surface area contributed by atoms with E-state index in [9.17, 15) is 0 Å². The summed E-state index contributed by atoms with van der Waals surface area (Å²) in [5.74, 6) is 0. The summed E-state index contributed by atoms with van der Waals surface area (Å²) in [6.45, 7) is 4.05. The second-order valence-corrected chi connectivity index (χ2v) is 7.48. The predicted octanol–water partition coefficient (Wildman–Crippen LogP) is 4.51. The Kier molecular flexibility index (Phi) is 6.48. The summed E-state index contributed by atoms with van der Waals surface area (Å²) in [6, 6.07) is 19.6. The standard InChI is InChI=1S/C20H24INO/c21-19-9-4-8-18(14-19)15-22(16-20-10-5-13-23-20)12-11-17-6-2-1-3-7-17/h1-4,6-9,14,20H,5,10-13,15-16H2. The number of ether oxygens (including phenoxy) is 1. The highest BCUT2D eigenvalue weighted by molar-refractivity contribution is 14.1. The van der Waals surface area contributed by atoms with Gasteiger partial charge in [0.15, 0.2) is 0 Å². The van der Waals surface area contributed by atoms with Crippen molar-refractivity contribution in [2.24, 2.45) is 0 Å². The van der Waals surface area contributed by atoms with Crippen LogP contribution in [0.1, 0.15) is 24.0 Å². The summed E-state index contributed by atoms with van der Waals surface area (Å²) >= 11 is 2.39. The van der Waals surface area contributed by atoms with Gasteiger partial charge in [-0.1, -0.05) is 42.5 Å². The van der Waals surface area contributed by atoms with Crippen LogP contribution in [0.4, 0.5) is 0 Å². The van der Waals surface area contributed by atoms with Crippen molar-refractivity contribution in [2.75, 3.05) is 19.7 Å².